The summed E-state index contributed by atoms with van der Waals surface area (Å²) in [7, 11) is 3.08. The molecule has 19 heavy (non-hydrogen) atoms. The Balaban J connectivity index is 2.68. The zero-order valence-corrected chi connectivity index (χ0v) is 11.3. The van der Waals surface area contributed by atoms with Crippen LogP contribution < -0.4 is 15.0 Å². The van der Waals surface area contributed by atoms with Crippen LogP contribution in [0.3, 0.4) is 0 Å². The lowest BCUT2D eigenvalue weighted by Gasteiger charge is -2.10. The van der Waals surface area contributed by atoms with Crippen molar-refractivity contribution in [2.24, 2.45) is 0 Å². The fraction of sp³-hybridized carbons (Fsp3) is 0.286. The minimum atomic E-state index is -0.117. The van der Waals surface area contributed by atoms with Gasteiger partial charge in [-0.05, 0) is 13.0 Å². The van der Waals surface area contributed by atoms with Gasteiger partial charge in [-0.1, -0.05) is 12.2 Å². The predicted molar refractivity (Wildman–Crippen MR) is 73.9 cm³/mol. The van der Waals surface area contributed by atoms with Crippen molar-refractivity contribution >= 4 is 10.9 Å². The summed E-state index contributed by atoms with van der Waals surface area (Å²) in [4.78, 5) is 16.6. The van der Waals surface area contributed by atoms with Crippen molar-refractivity contribution in [3.05, 3.63) is 41.0 Å². The summed E-state index contributed by atoms with van der Waals surface area (Å²) < 4.78 is 11.9. The lowest BCUT2D eigenvalue weighted by Crippen LogP contribution is -2.21. The third kappa shape index (κ3) is 2.45. The van der Waals surface area contributed by atoms with Gasteiger partial charge in [0.15, 0.2) is 11.5 Å². The molecule has 1 heterocycles. The molecule has 0 saturated heterocycles. The van der Waals surface area contributed by atoms with Crippen molar-refractivity contribution in [2.75, 3.05) is 14.2 Å². The molecule has 5 heteroatoms. The molecule has 2 aromatic rings. The summed E-state index contributed by atoms with van der Waals surface area (Å²) in [6.07, 6.45) is 1.52. The number of methoxy groups -OCH3 is 2. The Hall–Kier alpha value is -2.30. The third-order valence-electron chi connectivity index (χ3n) is 2.77. The molecule has 0 radical (unpaired) electrons. The van der Waals surface area contributed by atoms with E-state index in [1.54, 1.807) is 19.2 Å². The van der Waals surface area contributed by atoms with E-state index in [9.17, 15) is 4.79 Å². The van der Waals surface area contributed by atoms with Crippen molar-refractivity contribution in [3.8, 4) is 11.5 Å². The predicted octanol–water partition coefficient (Wildman–Crippen LogP) is 1.99. The summed E-state index contributed by atoms with van der Waals surface area (Å²) in [5.41, 5.74) is 1.36. The molecular weight excluding hydrogens is 244 g/mol. The molecule has 0 aliphatic carbocycles. The number of benzene rings is 1. The molecule has 0 spiro atoms. The van der Waals surface area contributed by atoms with Gasteiger partial charge in [0.2, 0.25) is 0 Å². The molecule has 0 saturated carbocycles. The van der Waals surface area contributed by atoms with Gasteiger partial charge in [-0.3, -0.25) is 9.36 Å². The molecule has 0 aliphatic heterocycles. The highest BCUT2D eigenvalue weighted by atomic mass is 16.5. The highest BCUT2D eigenvalue weighted by Gasteiger charge is 2.10. The number of hydrogen-bond acceptors (Lipinski definition) is 4. The van der Waals surface area contributed by atoms with Crippen molar-refractivity contribution in [1.29, 1.82) is 0 Å². The Bertz CT molecular complexity index is 689. The Morgan fingerprint density at radius 3 is 2.53 bits per heavy atom. The molecule has 100 valence electrons. The van der Waals surface area contributed by atoms with Crippen LogP contribution in [0.15, 0.2) is 35.4 Å². The molecule has 0 bridgehead atoms. The topological polar surface area (TPSA) is 53.4 Å². The Labute approximate surface area is 111 Å². The van der Waals surface area contributed by atoms with Crippen molar-refractivity contribution < 1.29 is 9.47 Å². The normalized spacial score (nSPS) is 10.5. The molecule has 0 N–H and O–H groups in total. The van der Waals surface area contributed by atoms with E-state index in [0.29, 0.717) is 28.9 Å². The van der Waals surface area contributed by atoms with Crippen LogP contribution in [0.1, 0.15) is 6.92 Å². The smallest absolute Gasteiger partial charge is 0.261 e. The van der Waals surface area contributed by atoms with E-state index in [-0.39, 0.29) is 5.56 Å². The molecule has 0 atom stereocenters. The summed E-state index contributed by atoms with van der Waals surface area (Å²) in [5.74, 6) is 1.07. The average molecular weight is 260 g/mol. The van der Waals surface area contributed by atoms with Crippen molar-refractivity contribution in [1.82, 2.24) is 9.55 Å². The van der Waals surface area contributed by atoms with Crippen LogP contribution in [0, 0.1) is 0 Å². The van der Waals surface area contributed by atoms with Gasteiger partial charge in [0, 0.05) is 12.6 Å². The maximum absolute atomic E-state index is 12.3. The first kappa shape index (κ1) is 13.1. The van der Waals surface area contributed by atoms with E-state index in [1.165, 1.54) is 18.0 Å². The van der Waals surface area contributed by atoms with Gasteiger partial charge < -0.3 is 9.47 Å². The first-order valence-corrected chi connectivity index (χ1v) is 5.82. The molecule has 0 fully saturated rings. The van der Waals surface area contributed by atoms with Crippen LogP contribution in [0.2, 0.25) is 0 Å². The molecule has 1 aromatic carbocycles. The van der Waals surface area contributed by atoms with E-state index in [0.717, 1.165) is 5.57 Å². The number of rotatable bonds is 4. The van der Waals surface area contributed by atoms with E-state index in [4.69, 9.17) is 9.47 Å². The van der Waals surface area contributed by atoms with Crippen LogP contribution in [0.4, 0.5) is 0 Å². The molecule has 1 aromatic heterocycles. The first-order valence-electron chi connectivity index (χ1n) is 5.82. The zero-order valence-electron chi connectivity index (χ0n) is 11.3. The number of hydrogen-bond donors (Lipinski definition) is 0. The van der Waals surface area contributed by atoms with E-state index >= 15 is 0 Å². The molecule has 0 unspecified atom stereocenters. The number of fused-ring (bicyclic) bond motifs is 1. The maximum atomic E-state index is 12.3. The van der Waals surface area contributed by atoms with Gasteiger partial charge in [-0.2, -0.15) is 0 Å². The SMILES string of the molecule is C=C(C)Cn1cnc2cc(OC)c(OC)cc2c1=O. The van der Waals surface area contributed by atoms with E-state index in [2.05, 4.69) is 11.6 Å². The van der Waals surface area contributed by atoms with Crippen LogP contribution in [0.25, 0.3) is 10.9 Å². The lowest BCUT2D eigenvalue weighted by atomic mass is 10.2. The minimum Gasteiger partial charge on any atom is -0.493 e. The van der Waals surface area contributed by atoms with Crippen LogP contribution in [0.5, 0.6) is 11.5 Å². The van der Waals surface area contributed by atoms with Crippen LogP contribution in [-0.4, -0.2) is 23.8 Å². The largest absolute Gasteiger partial charge is 0.493 e. The van der Waals surface area contributed by atoms with Gasteiger partial charge in [-0.25, -0.2) is 4.98 Å². The number of allylic oxidation sites excluding steroid dienone is 1. The second kappa shape index (κ2) is 5.14. The molecule has 2 rings (SSSR count). The lowest BCUT2D eigenvalue weighted by molar-refractivity contribution is 0.355. The monoisotopic (exact) mass is 260 g/mol. The molecule has 5 nitrogen and oxygen atoms in total. The fourth-order valence-corrected chi connectivity index (χ4v) is 1.89. The van der Waals surface area contributed by atoms with Crippen molar-refractivity contribution in [2.45, 2.75) is 13.5 Å². The van der Waals surface area contributed by atoms with Crippen molar-refractivity contribution in [3.63, 3.8) is 0 Å². The molecule has 0 amide bonds. The summed E-state index contributed by atoms with van der Waals surface area (Å²) in [5, 5.41) is 0.501. The van der Waals surface area contributed by atoms with Gasteiger partial charge in [0.1, 0.15) is 0 Å². The first-order chi connectivity index (χ1) is 9.06. The van der Waals surface area contributed by atoms with Gasteiger partial charge >= 0.3 is 0 Å². The average Bonchev–Trinajstić information content (AvgIpc) is 2.40. The highest BCUT2D eigenvalue weighted by Crippen LogP contribution is 2.29. The zero-order chi connectivity index (χ0) is 14.0. The Morgan fingerprint density at radius 2 is 1.95 bits per heavy atom. The highest BCUT2D eigenvalue weighted by molar-refractivity contribution is 5.81. The summed E-state index contributed by atoms with van der Waals surface area (Å²) in [6.45, 7) is 6.12. The third-order valence-corrected chi connectivity index (χ3v) is 2.77. The minimum absolute atomic E-state index is 0.117. The Kier molecular flexibility index (Phi) is 3.55. The van der Waals surface area contributed by atoms with Crippen LogP contribution >= 0.6 is 0 Å². The Morgan fingerprint density at radius 1 is 1.32 bits per heavy atom. The summed E-state index contributed by atoms with van der Waals surface area (Å²) in [6, 6.07) is 3.35. The number of nitrogens with zero attached hydrogens (tertiary/aromatic N) is 2. The fourth-order valence-electron chi connectivity index (χ4n) is 1.89. The number of aromatic nitrogens is 2. The summed E-state index contributed by atoms with van der Waals surface area (Å²) >= 11 is 0. The quantitative estimate of drug-likeness (QED) is 0.789. The van der Waals surface area contributed by atoms with E-state index < -0.39 is 0 Å². The van der Waals surface area contributed by atoms with E-state index in [1.807, 2.05) is 6.92 Å². The second-order valence-corrected chi connectivity index (χ2v) is 4.36. The maximum Gasteiger partial charge on any atom is 0.261 e. The number of ether oxygens (including phenoxy) is 2. The van der Waals surface area contributed by atoms with Gasteiger partial charge in [-0.15, -0.1) is 0 Å². The standard InChI is InChI=1S/C14H16N2O3/c1-9(2)7-16-8-15-11-6-13(19-4)12(18-3)5-10(11)14(16)17/h5-6,8H,1,7H2,2-4H3. The second-order valence-electron chi connectivity index (χ2n) is 4.36. The molecule has 0 aliphatic rings. The van der Waals surface area contributed by atoms with Gasteiger partial charge in [0.25, 0.3) is 5.56 Å². The molecular formula is C14H16N2O3. The van der Waals surface area contributed by atoms with Crippen LogP contribution in [-0.2, 0) is 6.54 Å². The van der Waals surface area contributed by atoms with Gasteiger partial charge in [0.05, 0.1) is 31.4 Å².